The average molecular weight is 312 g/mol. The van der Waals surface area contributed by atoms with Crippen molar-refractivity contribution in [1.82, 2.24) is 0 Å². The fraction of sp³-hybridized carbons (Fsp3) is 0.0769. The van der Waals surface area contributed by atoms with Gasteiger partial charge in [-0.3, -0.25) is 4.55 Å². The molecule has 2 rings (SSSR count). The summed E-state index contributed by atoms with van der Waals surface area (Å²) in [4.78, 5) is -0.253. The maximum atomic E-state index is 12.3. The van der Waals surface area contributed by atoms with E-state index in [1.54, 1.807) is 12.1 Å². The maximum absolute atomic E-state index is 12.3. The summed E-state index contributed by atoms with van der Waals surface area (Å²) in [5, 5.41) is 0. The molecule has 0 radical (unpaired) electrons. The third-order valence-electron chi connectivity index (χ3n) is 2.76. The molecule has 2 aromatic rings. The van der Waals surface area contributed by atoms with E-state index in [1.165, 1.54) is 12.1 Å². The van der Waals surface area contributed by atoms with Crippen molar-refractivity contribution in [3.05, 3.63) is 54.1 Å². The summed E-state index contributed by atoms with van der Waals surface area (Å²) in [6.45, 7) is 1.84. The Hall–Kier alpha value is -1.70. The van der Waals surface area contributed by atoms with E-state index in [9.17, 15) is 16.8 Å². The molecule has 0 aliphatic rings. The van der Waals surface area contributed by atoms with Crippen molar-refractivity contribution in [3.63, 3.8) is 0 Å². The molecular formula is C13H12O5S2. The molecule has 0 fully saturated rings. The van der Waals surface area contributed by atoms with Gasteiger partial charge in [-0.15, -0.1) is 0 Å². The molecule has 0 unspecified atom stereocenters. The zero-order valence-corrected chi connectivity index (χ0v) is 12.1. The second kappa shape index (κ2) is 5.01. The van der Waals surface area contributed by atoms with E-state index < -0.39 is 20.0 Å². The van der Waals surface area contributed by atoms with E-state index in [1.807, 2.05) is 6.92 Å². The van der Waals surface area contributed by atoms with E-state index in [0.29, 0.717) is 0 Å². The minimum absolute atomic E-state index is 0.0336. The van der Waals surface area contributed by atoms with Crippen LogP contribution in [0.5, 0.6) is 0 Å². The summed E-state index contributed by atoms with van der Waals surface area (Å²) in [5.74, 6) is 0. The van der Waals surface area contributed by atoms with Crippen LogP contribution in [0.3, 0.4) is 0 Å². The Bertz CT molecular complexity index is 817. The molecule has 2 aromatic carbocycles. The van der Waals surface area contributed by atoms with Gasteiger partial charge in [0.15, 0.2) is 0 Å². The van der Waals surface area contributed by atoms with Crippen molar-refractivity contribution < 1.29 is 21.4 Å². The predicted octanol–water partition coefficient (Wildman–Crippen LogP) is 2.07. The topological polar surface area (TPSA) is 88.5 Å². The lowest BCUT2D eigenvalue weighted by Crippen LogP contribution is -2.03. The molecule has 0 amide bonds. The first kappa shape index (κ1) is 14.7. The van der Waals surface area contributed by atoms with E-state index >= 15 is 0 Å². The first-order valence-corrected chi connectivity index (χ1v) is 8.53. The highest BCUT2D eigenvalue weighted by Gasteiger charge is 2.18. The Balaban J connectivity index is 2.48. The Labute approximate surface area is 117 Å². The highest BCUT2D eigenvalue weighted by molar-refractivity contribution is 7.91. The highest BCUT2D eigenvalue weighted by Crippen LogP contribution is 2.22. The van der Waals surface area contributed by atoms with Crippen LogP contribution in [0.25, 0.3) is 0 Å². The second-order valence-electron chi connectivity index (χ2n) is 4.26. The smallest absolute Gasteiger partial charge is 0.282 e. The molecule has 0 saturated heterocycles. The van der Waals surface area contributed by atoms with Gasteiger partial charge in [-0.25, -0.2) is 8.42 Å². The Morgan fingerprint density at radius 3 is 1.45 bits per heavy atom. The number of sulfone groups is 1. The van der Waals surface area contributed by atoms with Crippen molar-refractivity contribution >= 4 is 20.0 Å². The summed E-state index contributed by atoms with van der Waals surface area (Å²) in [6, 6.07) is 10.7. The van der Waals surface area contributed by atoms with Gasteiger partial charge >= 0.3 is 0 Å². The van der Waals surface area contributed by atoms with Crippen LogP contribution in [0.2, 0.25) is 0 Å². The van der Waals surface area contributed by atoms with Crippen molar-refractivity contribution in [1.29, 1.82) is 0 Å². The zero-order valence-electron chi connectivity index (χ0n) is 10.5. The fourth-order valence-corrected chi connectivity index (χ4v) is 3.39. The van der Waals surface area contributed by atoms with Crippen molar-refractivity contribution in [3.8, 4) is 0 Å². The van der Waals surface area contributed by atoms with Crippen LogP contribution < -0.4 is 0 Å². The third-order valence-corrected chi connectivity index (χ3v) is 5.42. The molecule has 106 valence electrons. The van der Waals surface area contributed by atoms with Gasteiger partial charge in [0.2, 0.25) is 9.84 Å². The Morgan fingerprint density at radius 1 is 0.700 bits per heavy atom. The monoisotopic (exact) mass is 312 g/mol. The molecule has 7 heteroatoms. The molecule has 0 aliphatic carbocycles. The summed E-state index contributed by atoms with van der Waals surface area (Å²) in [5.41, 5.74) is 0.936. The number of hydrogen-bond acceptors (Lipinski definition) is 4. The van der Waals surface area contributed by atoms with Gasteiger partial charge in [0.1, 0.15) is 0 Å². The zero-order chi connectivity index (χ0) is 15.0. The third kappa shape index (κ3) is 2.90. The molecular weight excluding hydrogens is 300 g/mol. The van der Waals surface area contributed by atoms with Crippen LogP contribution in [0, 0.1) is 6.92 Å². The Kier molecular flexibility index (Phi) is 3.68. The molecule has 5 nitrogen and oxygen atoms in total. The Morgan fingerprint density at radius 2 is 1.05 bits per heavy atom. The van der Waals surface area contributed by atoms with Crippen LogP contribution in [0.1, 0.15) is 5.56 Å². The lowest BCUT2D eigenvalue weighted by Gasteiger charge is -2.05. The molecule has 0 saturated carbocycles. The lowest BCUT2D eigenvalue weighted by molar-refractivity contribution is 0.483. The van der Waals surface area contributed by atoms with E-state index in [-0.39, 0.29) is 14.7 Å². The van der Waals surface area contributed by atoms with E-state index in [0.717, 1.165) is 29.8 Å². The van der Waals surface area contributed by atoms with E-state index in [2.05, 4.69) is 0 Å². The van der Waals surface area contributed by atoms with Crippen molar-refractivity contribution in [2.24, 2.45) is 0 Å². The fourth-order valence-electron chi connectivity index (χ4n) is 1.64. The molecule has 0 atom stereocenters. The largest absolute Gasteiger partial charge is 0.294 e. The van der Waals surface area contributed by atoms with Gasteiger partial charge in [-0.2, -0.15) is 8.42 Å². The van der Waals surface area contributed by atoms with Crippen LogP contribution in [0.4, 0.5) is 0 Å². The standard InChI is InChI=1S/C13H12O5S2/c1-10-2-4-11(5-3-10)19(14,15)12-6-8-13(9-7-12)20(16,17)18/h2-9H,1H3,(H,16,17,18). The summed E-state index contributed by atoms with van der Waals surface area (Å²) in [6.07, 6.45) is 0. The molecule has 0 spiro atoms. The summed E-state index contributed by atoms with van der Waals surface area (Å²) < 4.78 is 55.3. The molecule has 20 heavy (non-hydrogen) atoms. The second-order valence-corrected chi connectivity index (χ2v) is 7.63. The normalized spacial score (nSPS) is 12.3. The molecule has 0 bridgehead atoms. The van der Waals surface area contributed by atoms with Crippen LogP contribution in [-0.4, -0.2) is 21.4 Å². The number of rotatable bonds is 3. The molecule has 0 aromatic heterocycles. The van der Waals surface area contributed by atoms with Crippen molar-refractivity contribution in [2.75, 3.05) is 0 Å². The van der Waals surface area contributed by atoms with Gasteiger partial charge in [0.25, 0.3) is 10.1 Å². The lowest BCUT2D eigenvalue weighted by atomic mass is 10.2. The minimum Gasteiger partial charge on any atom is -0.282 e. The quantitative estimate of drug-likeness (QED) is 0.877. The maximum Gasteiger partial charge on any atom is 0.294 e. The first-order chi connectivity index (χ1) is 9.21. The first-order valence-electron chi connectivity index (χ1n) is 5.60. The van der Waals surface area contributed by atoms with Gasteiger partial charge in [0.05, 0.1) is 14.7 Å². The highest BCUT2D eigenvalue weighted by atomic mass is 32.2. The number of benzene rings is 2. The van der Waals surface area contributed by atoms with Crippen molar-refractivity contribution in [2.45, 2.75) is 21.6 Å². The SMILES string of the molecule is Cc1ccc(S(=O)(=O)c2ccc(S(=O)(=O)O)cc2)cc1. The van der Waals surface area contributed by atoms with Gasteiger partial charge in [-0.1, -0.05) is 17.7 Å². The summed E-state index contributed by atoms with van der Waals surface area (Å²) in [7, 11) is -8.02. The van der Waals surface area contributed by atoms with Crippen LogP contribution >= 0.6 is 0 Å². The van der Waals surface area contributed by atoms with E-state index in [4.69, 9.17) is 4.55 Å². The average Bonchev–Trinajstić information content (AvgIpc) is 2.38. The molecule has 0 aliphatic heterocycles. The van der Waals surface area contributed by atoms with Crippen LogP contribution in [0.15, 0.2) is 63.2 Å². The predicted molar refractivity (Wildman–Crippen MR) is 72.9 cm³/mol. The molecule has 0 heterocycles. The number of aryl methyl sites for hydroxylation is 1. The van der Waals surface area contributed by atoms with Crippen LogP contribution in [-0.2, 0) is 20.0 Å². The van der Waals surface area contributed by atoms with Gasteiger partial charge in [0, 0.05) is 0 Å². The van der Waals surface area contributed by atoms with Gasteiger partial charge in [-0.05, 0) is 43.3 Å². The number of hydrogen-bond donors (Lipinski definition) is 1. The summed E-state index contributed by atoms with van der Waals surface area (Å²) >= 11 is 0. The van der Waals surface area contributed by atoms with Gasteiger partial charge < -0.3 is 0 Å². The molecule has 1 N–H and O–H groups in total. The minimum atomic E-state index is -4.33.